The maximum Gasteiger partial charge on any atom is 0.0719 e. The molecule has 1 fully saturated rings. The molecular formula is C14H21BrN2O2. The lowest BCUT2D eigenvalue weighted by Crippen LogP contribution is -2.37. The first-order valence-electron chi connectivity index (χ1n) is 6.68. The third-order valence-electron chi connectivity index (χ3n) is 3.43. The van der Waals surface area contributed by atoms with Gasteiger partial charge in [0.05, 0.1) is 19.8 Å². The van der Waals surface area contributed by atoms with Crippen molar-refractivity contribution in [1.82, 2.24) is 4.90 Å². The van der Waals surface area contributed by atoms with Crippen LogP contribution in [0, 0.1) is 0 Å². The first-order chi connectivity index (χ1) is 9.29. The predicted octanol–water partition coefficient (Wildman–Crippen LogP) is 1.76. The van der Waals surface area contributed by atoms with Gasteiger partial charge in [0.15, 0.2) is 0 Å². The van der Waals surface area contributed by atoms with Crippen molar-refractivity contribution in [1.29, 1.82) is 0 Å². The van der Waals surface area contributed by atoms with Crippen LogP contribution in [0.1, 0.15) is 11.1 Å². The summed E-state index contributed by atoms with van der Waals surface area (Å²) in [7, 11) is 0. The van der Waals surface area contributed by atoms with E-state index < -0.39 is 0 Å². The zero-order valence-electron chi connectivity index (χ0n) is 11.1. The molecule has 1 aliphatic rings. The van der Waals surface area contributed by atoms with Crippen LogP contribution in [0.15, 0.2) is 22.7 Å². The standard InChI is InChI=1S/C14H21BrN2O2/c15-14-11-12(4-8-19-16)1-2-13(14)3-5-17-6-9-18-10-7-17/h1-2,11H,3-10,16H2. The largest absolute Gasteiger partial charge is 0.379 e. The van der Waals surface area contributed by atoms with Crippen LogP contribution in [0.2, 0.25) is 0 Å². The summed E-state index contributed by atoms with van der Waals surface area (Å²) in [6.45, 7) is 5.46. The molecule has 0 aliphatic carbocycles. The lowest BCUT2D eigenvalue weighted by atomic mass is 10.1. The van der Waals surface area contributed by atoms with Crippen molar-refractivity contribution in [3.8, 4) is 0 Å². The Morgan fingerprint density at radius 2 is 2.05 bits per heavy atom. The molecule has 0 radical (unpaired) electrons. The second-order valence-corrected chi connectivity index (χ2v) is 5.60. The number of morpholine rings is 1. The molecule has 2 N–H and O–H groups in total. The van der Waals surface area contributed by atoms with E-state index in [0.717, 1.165) is 45.7 Å². The van der Waals surface area contributed by atoms with Gasteiger partial charge in [0, 0.05) is 24.1 Å². The van der Waals surface area contributed by atoms with E-state index in [9.17, 15) is 0 Å². The second-order valence-electron chi connectivity index (χ2n) is 4.75. The molecule has 4 nitrogen and oxygen atoms in total. The molecule has 106 valence electrons. The molecule has 5 heteroatoms. The topological polar surface area (TPSA) is 47.7 Å². The van der Waals surface area contributed by atoms with E-state index in [1.54, 1.807) is 0 Å². The maximum atomic E-state index is 5.36. The Bertz CT molecular complexity index is 395. The zero-order chi connectivity index (χ0) is 13.5. The summed E-state index contributed by atoms with van der Waals surface area (Å²) in [4.78, 5) is 7.06. The number of nitrogens with zero attached hydrogens (tertiary/aromatic N) is 1. The number of nitrogens with two attached hydrogens (primary N) is 1. The molecular weight excluding hydrogens is 308 g/mol. The molecule has 0 amide bonds. The quantitative estimate of drug-likeness (QED) is 0.808. The van der Waals surface area contributed by atoms with Crippen LogP contribution in [0.4, 0.5) is 0 Å². The van der Waals surface area contributed by atoms with E-state index >= 15 is 0 Å². The molecule has 2 rings (SSSR count). The lowest BCUT2D eigenvalue weighted by Gasteiger charge is -2.26. The van der Waals surface area contributed by atoms with E-state index in [0.29, 0.717) is 6.61 Å². The van der Waals surface area contributed by atoms with Gasteiger partial charge in [-0.05, 0) is 30.0 Å². The van der Waals surface area contributed by atoms with Gasteiger partial charge in [-0.15, -0.1) is 0 Å². The molecule has 0 unspecified atom stereocenters. The summed E-state index contributed by atoms with van der Waals surface area (Å²) in [6.07, 6.45) is 1.91. The molecule has 1 aromatic rings. The van der Waals surface area contributed by atoms with Crippen LogP contribution in [0.3, 0.4) is 0 Å². The van der Waals surface area contributed by atoms with Crippen molar-refractivity contribution in [3.63, 3.8) is 0 Å². The Hall–Kier alpha value is -0.460. The van der Waals surface area contributed by atoms with Gasteiger partial charge in [-0.25, -0.2) is 5.90 Å². The van der Waals surface area contributed by atoms with Gasteiger partial charge in [-0.1, -0.05) is 28.1 Å². The van der Waals surface area contributed by atoms with E-state index in [1.165, 1.54) is 15.6 Å². The van der Waals surface area contributed by atoms with Crippen molar-refractivity contribution in [2.75, 3.05) is 39.5 Å². The van der Waals surface area contributed by atoms with Crippen molar-refractivity contribution < 1.29 is 9.57 Å². The Morgan fingerprint density at radius 3 is 2.74 bits per heavy atom. The molecule has 0 aromatic heterocycles. The fraction of sp³-hybridized carbons (Fsp3) is 0.571. The van der Waals surface area contributed by atoms with E-state index in [1.807, 2.05) is 0 Å². The van der Waals surface area contributed by atoms with Gasteiger partial charge in [-0.3, -0.25) is 4.90 Å². The number of hydrogen-bond acceptors (Lipinski definition) is 4. The van der Waals surface area contributed by atoms with Crippen LogP contribution in [0.25, 0.3) is 0 Å². The van der Waals surface area contributed by atoms with Gasteiger partial charge in [0.1, 0.15) is 0 Å². The minimum absolute atomic E-state index is 0.555. The maximum absolute atomic E-state index is 5.36. The highest BCUT2D eigenvalue weighted by Gasteiger charge is 2.10. The number of ether oxygens (including phenoxy) is 1. The zero-order valence-corrected chi connectivity index (χ0v) is 12.7. The summed E-state index contributed by atoms with van der Waals surface area (Å²) < 4.78 is 6.53. The molecule has 0 bridgehead atoms. The highest BCUT2D eigenvalue weighted by atomic mass is 79.9. The minimum Gasteiger partial charge on any atom is -0.379 e. The van der Waals surface area contributed by atoms with Crippen molar-refractivity contribution in [3.05, 3.63) is 33.8 Å². The summed E-state index contributed by atoms with van der Waals surface area (Å²) >= 11 is 3.65. The fourth-order valence-electron chi connectivity index (χ4n) is 2.23. The number of rotatable bonds is 6. The van der Waals surface area contributed by atoms with Crippen molar-refractivity contribution in [2.45, 2.75) is 12.8 Å². The normalized spacial score (nSPS) is 16.7. The molecule has 0 saturated carbocycles. The molecule has 1 saturated heterocycles. The molecule has 1 aromatic carbocycles. The van der Waals surface area contributed by atoms with E-state index in [4.69, 9.17) is 10.6 Å². The van der Waals surface area contributed by atoms with Gasteiger partial charge < -0.3 is 9.57 Å². The lowest BCUT2D eigenvalue weighted by molar-refractivity contribution is 0.0384. The summed E-state index contributed by atoms with van der Waals surface area (Å²) in [5, 5.41) is 0. The van der Waals surface area contributed by atoms with Gasteiger partial charge in [0.2, 0.25) is 0 Å². The average Bonchev–Trinajstić information content (AvgIpc) is 2.45. The number of halogens is 1. The van der Waals surface area contributed by atoms with Crippen molar-refractivity contribution >= 4 is 15.9 Å². The minimum atomic E-state index is 0.555. The van der Waals surface area contributed by atoms with Crippen molar-refractivity contribution in [2.24, 2.45) is 5.90 Å². The Kier molecular flexibility index (Phi) is 6.26. The second kappa shape index (κ2) is 7.97. The summed E-state index contributed by atoms with van der Waals surface area (Å²) in [5.41, 5.74) is 2.59. The van der Waals surface area contributed by atoms with E-state index in [2.05, 4.69) is 43.9 Å². The monoisotopic (exact) mass is 328 g/mol. The summed E-state index contributed by atoms with van der Waals surface area (Å²) in [6, 6.07) is 6.50. The number of benzene rings is 1. The molecule has 1 heterocycles. The predicted molar refractivity (Wildman–Crippen MR) is 78.9 cm³/mol. The fourth-order valence-corrected chi connectivity index (χ4v) is 2.85. The van der Waals surface area contributed by atoms with Crippen LogP contribution in [-0.2, 0) is 22.4 Å². The first-order valence-corrected chi connectivity index (χ1v) is 7.48. The van der Waals surface area contributed by atoms with Gasteiger partial charge in [0.25, 0.3) is 0 Å². The molecule has 0 spiro atoms. The van der Waals surface area contributed by atoms with Crippen LogP contribution < -0.4 is 5.90 Å². The van der Waals surface area contributed by atoms with Crippen LogP contribution in [-0.4, -0.2) is 44.4 Å². The van der Waals surface area contributed by atoms with Gasteiger partial charge in [-0.2, -0.15) is 0 Å². The highest BCUT2D eigenvalue weighted by molar-refractivity contribution is 9.10. The first kappa shape index (κ1) is 14.9. The summed E-state index contributed by atoms with van der Waals surface area (Å²) in [5.74, 6) is 5.05. The number of hydrogen-bond donors (Lipinski definition) is 1. The average molecular weight is 329 g/mol. The van der Waals surface area contributed by atoms with Gasteiger partial charge >= 0.3 is 0 Å². The third kappa shape index (κ3) is 4.85. The van der Waals surface area contributed by atoms with Crippen LogP contribution >= 0.6 is 15.9 Å². The Labute approximate surface area is 122 Å². The Balaban J connectivity index is 1.85. The molecule has 1 aliphatic heterocycles. The van der Waals surface area contributed by atoms with E-state index in [-0.39, 0.29) is 0 Å². The molecule has 0 atom stereocenters. The Morgan fingerprint density at radius 1 is 1.26 bits per heavy atom. The highest BCUT2D eigenvalue weighted by Crippen LogP contribution is 2.20. The molecule has 19 heavy (non-hydrogen) atoms. The SMILES string of the molecule is NOCCc1ccc(CCN2CCOCC2)c(Br)c1. The third-order valence-corrected chi connectivity index (χ3v) is 4.17. The smallest absolute Gasteiger partial charge is 0.0719 e. The van der Waals surface area contributed by atoms with Crippen LogP contribution in [0.5, 0.6) is 0 Å².